The number of methoxy groups -OCH3 is 2. The first-order valence-corrected chi connectivity index (χ1v) is 10.3. The number of hydrogen-bond donors (Lipinski definition) is 1. The zero-order chi connectivity index (χ0) is 19.2. The van der Waals surface area contributed by atoms with Gasteiger partial charge < -0.3 is 9.47 Å². The molecule has 0 radical (unpaired) electrons. The van der Waals surface area contributed by atoms with Crippen LogP contribution in [0.25, 0.3) is 11.3 Å². The summed E-state index contributed by atoms with van der Waals surface area (Å²) < 4.78 is 10.7. The van der Waals surface area contributed by atoms with Crippen molar-refractivity contribution in [2.45, 2.75) is 40.0 Å². The molecule has 0 aliphatic heterocycles. The van der Waals surface area contributed by atoms with Crippen LogP contribution in [0.4, 0.5) is 5.13 Å². The molecule has 27 heavy (non-hydrogen) atoms. The van der Waals surface area contributed by atoms with Crippen molar-refractivity contribution in [2.75, 3.05) is 19.6 Å². The predicted octanol–water partition coefficient (Wildman–Crippen LogP) is 5.44. The number of fused-ring (bicyclic) bond motifs is 2. The maximum absolute atomic E-state index is 5.39. The molecule has 1 N–H and O–H groups in total. The van der Waals surface area contributed by atoms with Gasteiger partial charge in [0.1, 0.15) is 0 Å². The van der Waals surface area contributed by atoms with Gasteiger partial charge in [0.25, 0.3) is 0 Å². The topological polar surface area (TPSA) is 55.7 Å². The van der Waals surface area contributed by atoms with Crippen molar-refractivity contribution in [2.24, 2.45) is 21.8 Å². The van der Waals surface area contributed by atoms with Crippen LogP contribution >= 0.6 is 11.3 Å². The molecule has 1 heterocycles. The molecule has 2 saturated carbocycles. The summed E-state index contributed by atoms with van der Waals surface area (Å²) in [6.07, 6.45) is 3.66. The second-order valence-corrected chi connectivity index (χ2v) is 9.13. The highest BCUT2D eigenvalue weighted by molar-refractivity contribution is 7.14. The molecular weight excluding hydrogens is 358 g/mol. The maximum atomic E-state index is 5.39. The zero-order valence-corrected chi connectivity index (χ0v) is 17.4. The number of thiazole rings is 1. The van der Waals surface area contributed by atoms with Crippen LogP contribution in [0.2, 0.25) is 0 Å². The van der Waals surface area contributed by atoms with E-state index in [2.05, 4.69) is 26.2 Å². The number of nitrogens with one attached hydrogen (secondary N) is 1. The van der Waals surface area contributed by atoms with Gasteiger partial charge in [0.2, 0.25) is 5.13 Å². The van der Waals surface area contributed by atoms with Crippen LogP contribution in [0.1, 0.15) is 40.0 Å². The summed E-state index contributed by atoms with van der Waals surface area (Å²) in [4.78, 5) is 4.70. The standard InChI is InChI=1S/C21H27N3O2S/c1-20(2)14-8-9-21(20,3)18(11-14)23-24-19-22-15(12-27-19)13-6-7-16(25-4)17(10-13)26-5/h6-7,10,12,14H,8-9,11H2,1-5H3,(H,22,24)/b23-18+/t14-,21+/m0/s1. The molecule has 1 aromatic carbocycles. The van der Waals surface area contributed by atoms with Crippen molar-refractivity contribution in [3.05, 3.63) is 23.6 Å². The second kappa shape index (κ2) is 6.51. The van der Waals surface area contributed by atoms with Crippen molar-refractivity contribution in [1.82, 2.24) is 4.98 Å². The van der Waals surface area contributed by atoms with E-state index in [1.807, 2.05) is 23.6 Å². The van der Waals surface area contributed by atoms with E-state index in [1.54, 1.807) is 25.6 Å². The Labute approximate surface area is 164 Å². The summed E-state index contributed by atoms with van der Waals surface area (Å²) >= 11 is 1.57. The van der Waals surface area contributed by atoms with Crippen molar-refractivity contribution in [3.63, 3.8) is 0 Å². The monoisotopic (exact) mass is 385 g/mol. The van der Waals surface area contributed by atoms with Gasteiger partial charge in [-0.2, -0.15) is 5.10 Å². The Hall–Kier alpha value is -2.08. The van der Waals surface area contributed by atoms with Gasteiger partial charge in [-0.15, -0.1) is 11.3 Å². The van der Waals surface area contributed by atoms with Crippen molar-refractivity contribution in [1.29, 1.82) is 0 Å². The predicted molar refractivity (Wildman–Crippen MR) is 111 cm³/mol. The first-order valence-electron chi connectivity index (χ1n) is 9.40. The summed E-state index contributed by atoms with van der Waals surface area (Å²) in [5.41, 5.74) is 6.95. The molecule has 0 spiro atoms. The number of nitrogens with zero attached hydrogens (tertiary/aromatic N) is 2. The van der Waals surface area contributed by atoms with Gasteiger partial charge in [-0.1, -0.05) is 20.8 Å². The lowest BCUT2D eigenvalue weighted by atomic mass is 9.70. The largest absolute Gasteiger partial charge is 0.493 e. The van der Waals surface area contributed by atoms with Gasteiger partial charge in [0.05, 0.1) is 19.9 Å². The number of benzene rings is 1. The molecule has 144 valence electrons. The van der Waals surface area contributed by atoms with Crippen molar-refractivity contribution in [3.8, 4) is 22.8 Å². The third-order valence-electron chi connectivity index (χ3n) is 6.98. The minimum Gasteiger partial charge on any atom is -0.493 e. The molecule has 2 aromatic rings. The number of aromatic nitrogens is 1. The molecular formula is C21H27N3O2S. The Morgan fingerprint density at radius 1 is 1.19 bits per heavy atom. The van der Waals surface area contributed by atoms with E-state index in [0.29, 0.717) is 16.9 Å². The minimum atomic E-state index is 0.202. The number of anilines is 1. The minimum absolute atomic E-state index is 0.202. The normalized spacial score (nSPS) is 27.1. The molecule has 0 saturated heterocycles. The third-order valence-corrected chi connectivity index (χ3v) is 7.73. The van der Waals surface area contributed by atoms with Crippen LogP contribution in [0.15, 0.2) is 28.7 Å². The third kappa shape index (κ3) is 2.81. The van der Waals surface area contributed by atoms with Crippen LogP contribution in [0, 0.1) is 16.7 Å². The van der Waals surface area contributed by atoms with Gasteiger partial charge in [-0.25, -0.2) is 4.98 Å². The average Bonchev–Trinajstić information content (AvgIpc) is 3.28. The molecule has 2 fully saturated rings. The zero-order valence-electron chi connectivity index (χ0n) is 16.6. The lowest BCUT2D eigenvalue weighted by molar-refractivity contribution is 0.194. The van der Waals surface area contributed by atoms with Gasteiger partial charge in [-0.3, -0.25) is 5.43 Å². The number of rotatable bonds is 5. The lowest BCUT2D eigenvalue weighted by Crippen LogP contribution is -2.32. The number of ether oxygens (including phenoxy) is 2. The Morgan fingerprint density at radius 2 is 1.96 bits per heavy atom. The van der Waals surface area contributed by atoms with Crippen molar-refractivity contribution < 1.29 is 9.47 Å². The lowest BCUT2D eigenvalue weighted by Gasteiger charge is -2.34. The van der Waals surface area contributed by atoms with E-state index in [4.69, 9.17) is 19.6 Å². The molecule has 5 nitrogen and oxygen atoms in total. The van der Waals surface area contributed by atoms with E-state index < -0.39 is 0 Å². The fourth-order valence-electron chi connectivity index (χ4n) is 4.67. The fourth-order valence-corrected chi connectivity index (χ4v) is 5.33. The molecule has 0 amide bonds. The summed E-state index contributed by atoms with van der Waals surface area (Å²) in [6.45, 7) is 7.16. The summed E-state index contributed by atoms with van der Waals surface area (Å²) in [5.74, 6) is 2.17. The second-order valence-electron chi connectivity index (χ2n) is 8.27. The Morgan fingerprint density at radius 3 is 2.59 bits per heavy atom. The summed E-state index contributed by atoms with van der Waals surface area (Å²) in [6, 6.07) is 5.84. The highest BCUT2D eigenvalue weighted by Gasteiger charge is 2.59. The van der Waals surface area contributed by atoms with Crippen LogP contribution < -0.4 is 14.9 Å². The van der Waals surface area contributed by atoms with E-state index in [0.717, 1.165) is 28.7 Å². The number of hydrogen-bond acceptors (Lipinski definition) is 6. The van der Waals surface area contributed by atoms with E-state index >= 15 is 0 Å². The van der Waals surface area contributed by atoms with E-state index in [-0.39, 0.29) is 5.41 Å². The Bertz CT molecular complexity index is 889. The molecule has 2 aliphatic carbocycles. The Balaban J connectivity index is 1.53. The molecule has 2 atom stereocenters. The molecule has 2 bridgehead atoms. The summed E-state index contributed by atoms with van der Waals surface area (Å²) in [7, 11) is 3.28. The SMILES string of the molecule is COc1ccc(-c2csc(N/N=C3\C[C@@H]4CC[C@@]3(C)C4(C)C)n2)cc1OC. The fraction of sp³-hybridized carbons (Fsp3) is 0.524. The van der Waals surface area contributed by atoms with Gasteiger partial charge >= 0.3 is 0 Å². The smallest absolute Gasteiger partial charge is 0.203 e. The van der Waals surface area contributed by atoms with Crippen LogP contribution in [-0.4, -0.2) is 24.9 Å². The molecule has 0 unspecified atom stereocenters. The van der Waals surface area contributed by atoms with Crippen LogP contribution in [-0.2, 0) is 0 Å². The maximum Gasteiger partial charge on any atom is 0.203 e. The van der Waals surface area contributed by atoms with E-state index in [9.17, 15) is 0 Å². The molecule has 6 heteroatoms. The van der Waals surface area contributed by atoms with Gasteiger partial charge in [-0.05, 0) is 48.8 Å². The quantitative estimate of drug-likeness (QED) is 0.696. The molecule has 4 rings (SSSR count). The highest BCUT2D eigenvalue weighted by Crippen LogP contribution is 2.63. The summed E-state index contributed by atoms with van der Waals surface area (Å²) in [5, 5.41) is 7.64. The average molecular weight is 386 g/mol. The molecule has 1 aromatic heterocycles. The van der Waals surface area contributed by atoms with Gasteiger partial charge in [0, 0.05) is 22.1 Å². The van der Waals surface area contributed by atoms with Crippen LogP contribution in [0.5, 0.6) is 11.5 Å². The first kappa shape index (κ1) is 18.3. The first-order chi connectivity index (χ1) is 12.9. The highest BCUT2D eigenvalue weighted by atomic mass is 32.1. The van der Waals surface area contributed by atoms with Gasteiger partial charge in [0.15, 0.2) is 11.5 Å². The van der Waals surface area contributed by atoms with Crippen molar-refractivity contribution >= 4 is 22.2 Å². The van der Waals surface area contributed by atoms with Crippen LogP contribution in [0.3, 0.4) is 0 Å². The Kier molecular flexibility index (Phi) is 4.41. The van der Waals surface area contributed by atoms with E-state index in [1.165, 1.54) is 18.6 Å². The molecule has 2 aliphatic rings. The number of hydrazone groups is 1.